The van der Waals surface area contributed by atoms with E-state index in [1.54, 1.807) is 0 Å². The molecule has 5 heteroatoms. The van der Waals surface area contributed by atoms with E-state index in [2.05, 4.69) is 77.6 Å². The fourth-order valence-corrected chi connectivity index (χ4v) is 6.92. The lowest BCUT2D eigenvalue weighted by Gasteiger charge is -2.22. The van der Waals surface area contributed by atoms with Gasteiger partial charge in [0.15, 0.2) is 23.0 Å². The zero-order valence-corrected chi connectivity index (χ0v) is 33.3. The van der Waals surface area contributed by atoms with Crippen molar-refractivity contribution >= 4 is 32.3 Å². The van der Waals surface area contributed by atoms with E-state index in [4.69, 9.17) is 23.7 Å². The van der Waals surface area contributed by atoms with Crippen molar-refractivity contribution in [2.45, 2.75) is 144 Å². The van der Waals surface area contributed by atoms with E-state index in [9.17, 15) is 0 Å². The maximum Gasteiger partial charge on any atom is 0.169 e. The van der Waals surface area contributed by atoms with E-state index in [0.29, 0.717) is 33.0 Å². The summed E-state index contributed by atoms with van der Waals surface area (Å²) >= 11 is 0. The van der Waals surface area contributed by atoms with Gasteiger partial charge in [0.25, 0.3) is 0 Å². The van der Waals surface area contributed by atoms with Crippen LogP contribution >= 0.6 is 0 Å². The monoisotopic (exact) mass is 713 g/mol. The highest BCUT2D eigenvalue weighted by Gasteiger charge is 2.22. The molecule has 0 spiro atoms. The van der Waals surface area contributed by atoms with Gasteiger partial charge in [0.05, 0.1) is 33.0 Å². The van der Waals surface area contributed by atoms with Crippen LogP contribution in [-0.4, -0.2) is 33.0 Å². The molecule has 0 saturated carbocycles. The average molecular weight is 713 g/mol. The lowest BCUT2D eigenvalue weighted by atomic mass is 9.89. The zero-order chi connectivity index (χ0) is 37.0. The average Bonchev–Trinajstić information content (AvgIpc) is 3.16. The fourth-order valence-electron chi connectivity index (χ4n) is 6.92. The molecule has 0 fully saturated rings. The van der Waals surface area contributed by atoms with Crippen LogP contribution in [0.4, 0.5) is 0 Å². The Kier molecular flexibility index (Phi) is 18.3. The number of fused-ring (bicyclic) bond motifs is 6. The Bertz CT molecular complexity index is 1650. The topological polar surface area (TPSA) is 46.2 Å². The van der Waals surface area contributed by atoms with Gasteiger partial charge >= 0.3 is 0 Å². The van der Waals surface area contributed by atoms with Gasteiger partial charge in [-0.3, -0.25) is 0 Å². The molecule has 0 aliphatic rings. The molecule has 52 heavy (non-hydrogen) atoms. The van der Waals surface area contributed by atoms with Crippen LogP contribution in [0.15, 0.2) is 49.1 Å². The first-order valence-corrected chi connectivity index (χ1v) is 20.9. The van der Waals surface area contributed by atoms with Crippen molar-refractivity contribution in [2.24, 2.45) is 0 Å². The highest BCUT2D eigenvalue weighted by atomic mass is 16.5. The Morgan fingerprint density at radius 1 is 0.462 bits per heavy atom. The van der Waals surface area contributed by atoms with Gasteiger partial charge in [-0.1, -0.05) is 105 Å². The standard InChI is InChI=1S/C47H68O5/c1-7-13-19-27-48-37-32-36(24-18-12-6)45-38-25-26-42(49-28-20-14-8-2)47(52-31-23-17-11-5)46(38)41-35-44(51-30-22-16-10-4)43(50-29-21-15-9-3)34-39(41)40(45)33-37/h12,25-26,32-35H,6-11,13-24,27-31H2,1-5H3. The third-order valence-electron chi connectivity index (χ3n) is 9.87. The quantitative estimate of drug-likeness (QED) is 0.0333. The summed E-state index contributed by atoms with van der Waals surface area (Å²) in [5, 5.41) is 6.86. The summed E-state index contributed by atoms with van der Waals surface area (Å²) in [6.07, 6.45) is 20.3. The Morgan fingerprint density at radius 3 is 1.48 bits per heavy atom. The van der Waals surface area contributed by atoms with Crippen LogP contribution in [-0.2, 0) is 6.42 Å². The number of hydrogen-bond donors (Lipinski definition) is 0. The molecule has 0 bridgehead atoms. The lowest BCUT2D eigenvalue weighted by molar-refractivity contribution is 0.260. The smallest absolute Gasteiger partial charge is 0.169 e. The van der Waals surface area contributed by atoms with Crippen molar-refractivity contribution < 1.29 is 23.7 Å². The first-order chi connectivity index (χ1) is 25.6. The molecule has 0 aliphatic heterocycles. The van der Waals surface area contributed by atoms with Crippen LogP contribution in [0, 0.1) is 0 Å². The molecule has 5 nitrogen and oxygen atoms in total. The summed E-state index contributed by atoms with van der Waals surface area (Å²) in [6, 6.07) is 13.3. The molecule has 0 heterocycles. The third kappa shape index (κ3) is 11.4. The molecular weight excluding hydrogens is 645 g/mol. The predicted molar refractivity (Wildman–Crippen MR) is 223 cm³/mol. The van der Waals surface area contributed by atoms with E-state index >= 15 is 0 Å². The maximum absolute atomic E-state index is 6.82. The van der Waals surface area contributed by atoms with Crippen LogP contribution in [0.1, 0.15) is 143 Å². The molecular formula is C47H68O5. The lowest BCUT2D eigenvalue weighted by Crippen LogP contribution is -2.05. The molecule has 0 radical (unpaired) electrons. The van der Waals surface area contributed by atoms with E-state index < -0.39 is 0 Å². The normalized spacial score (nSPS) is 11.4. The molecule has 4 aromatic carbocycles. The van der Waals surface area contributed by atoms with E-state index in [0.717, 1.165) is 148 Å². The Balaban J connectivity index is 2.06. The van der Waals surface area contributed by atoms with Crippen molar-refractivity contribution in [1.29, 1.82) is 0 Å². The Morgan fingerprint density at radius 2 is 0.942 bits per heavy atom. The van der Waals surface area contributed by atoms with Gasteiger partial charge in [-0.25, -0.2) is 0 Å². The predicted octanol–water partition coefficient (Wildman–Crippen LogP) is 14.1. The van der Waals surface area contributed by atoms with Gasteiger partial charge in [-0.15, -0.1) is 6.58 Å². The number of rotatable bonds is 28. The molecule has 0 saturated heterocycles. The van der Waals surface area contributed by atoms with Crippen molar-refractivity contribution in [3.63, 3.8) is 0 Å². The van der Waals surface area contributed by atoms with Crippen LogP contribution in [0.25, 0.3) is 32.3 Å². The second kappa shape index (κ2) is 23.1. The number of ether oxygens (including phenoxy) is 5. The van der Waals surface area contributed by atoms with Gasteiger partial charge in [-0.05, 0) is 114 Å². The number of benzene rings is 4. The second-order valence-electron chi connectivity index (χ2n) is 14.3. The molecule has 0 atom stereocenters. The molecule has 286 valence electrons. The zero-order valence-electron chi connectivity index (χ0n) is 33.3. The first-order valence-electron chi connectivity index (χ1n) is 20.9. The largest absolute Gasteiger partial charge is 0.494 e. The highest BCUT2D eigenvalue weighted by molar-refractivity contribution is 6.28. The van der Waals surface area contributed by atoms with Crippen molar-refractivity contribution in [1.82, 2.24) is 0 Å². The van der Waals surface area contributed by atoms with Crippen molar-refractivity contribution in [2.75, 3.05) is 33.0 Å². The third-order valence-corrected chi connectivity index (χ3v) is 9.87. The number of aryl methyl sites for hydroxylation is 1. The Hall–Kier alpha value is -3.60. The molecule has 0 aromatic heterocycles. The van der Waals surface area contributed by atoms with Gasteiger partial charge in [0.1, 0.15) is 5.75 Å². The molecule has 0 aliphatic carbocycles. The molecule has 0 N–H and O–H groups in total. The number of hydrogen-bond acceptors (Lipinski definition) is 5. The van der Waals surface area contributed by atoms with Crippen molar-refractivity contribution in [3.8, 4) is 28.7 Å². The summed E-state index contributed by atoms with van der Waals surface area (Å²) in [4.78, 5) is 0. The van der Waals surface area contributed by atoms with Gasteiger partial charge < -0.3 is 23.7 Å². The van der Waals surface area contributed by atoms with Crippen LogP contribution in [0.2, 0.25) is 0 Å². The summed E-state index contributed by atoms with van der Waals surface area (Å²) in [7, 11) is 0. The summed E-state index contributed by atoms with van der Waals surface area (Å²) in [5.41, 5.74) is 1.26. The van der Waals surface area contributed by atoms with E-state index in [-0.39, 0.29) is 0 Å². The number of allylic oxidation sites excluding steroid dienone is 1. The molecule has 4 rings (SSSR count). The minimum Gasteiger partial charge on any atom is -0.494 e. The van der Waals surface area contributed by atoms with Gasteiger partial charge in [0, 0.05) is 5.39 Å². The van der Waals surface area contributed by atoms with Gasteiger partial charge in [0.2, 0.25) is 0 Å². The van der Waals surface area contributed by atoms with E-state index in [1.165, 1.54) is 28.1 Å². The van der Waals surface area contributed by atoms with Crippen molar-refractivity contribution in [3.05, 3.63) is 54.6 Å². The number of unbranched alkanes of at least 4 members (excludes halogenated alkanes) is 10. The second-order valence-corrected chi connectivity index (χ2v) is 14.3. The minimum absolute atomic E-state index is 0.644. The fraction of sp³-hybridized carbons (Fsp3) is 0.574. The van der Waals surface area contributed by atoms with Crippen LogP contribution in [0.3, 0.4) is 0 Å². The first kappa shape index (κ1) is 41.2. The summed E-state index contributed by atoms with van der Waals surface area (Å²) in [6.45, 7) is 18.6. The molecule has 4 aromatic rings. The highest BCUT2D eigenvalue weighted by Crippen LogP contribution is 2.49. The SMILES string of the molecule is C=CCCc1cc(OCCCCC)cc2c3cc(OCCCCC)c(OCCCCC)cc3c3c(OCCCCC)c(OCCCCC)ccc3c12. The maximum atomic E-state index is 6.82. The van der Waals surface area contributed by atoms with Crippen LogP contribution in [0.5, 0.6) is 28.7 Å². The van der Waals surface area contributed by atoms with Gasteiger partial charge in [-0.2, -0.15) is 0 Å². The van der Waals surface area contributed by atoms with E-state index in [1.807, 2.05) is 6.08 Å². The summed E-state index contributed by atoms with van der Waals surface area (Å²) < 4.78 is 33.0. The Labute approximate surface area is 315 Å². The minimum atomic E-state index is 0.644. The summed E-state index contributed by atoms with van der Waals surface area (Å²) in [5.74, 6) is 4.17. The molecule has 0 unspecified atom stereocenters. The van der Waals surface area contributed by atoms with Crippen LogP contribution < -0.4 is 23.7 Å². The molecule has 0 amide bonds.